The maximum absolute atomic E-state index is 13.8. The second kappa shape index (κ2) is 10.3. The first-order valence-electron chi connectivity index (χ1n) is 13.5. The van der Waals surface area contributed by atoms with E-state index in [0.717, 1.165) is 5.56 Å². The number of nitrogens with zero attached hydrogens (tertiary/aromatic N) is 5. The predicted molar refractivity (Wildman–Crippen MR) is 151 cm³/mol. The summed E-state index contributed by atoms with van der Waals surface area (Å²) in [6, 6.07) is 8.27. The van der Waals surface area contributed by atoms with Gasteiger partial charge in [-0.05, 0) is 51.8 Å². The van der Waals surface area contributed by atoms with Crippen LogP contribution in [0.2, 0.25) is 0 Å². The van der Waals surface area contributed by atoms with Gasteiger partial charge in [0.1, 0.15) is 5.75 Å². The van der Waals surface area contributed by atoms with Crippen molar-refractivity contribution in [3.8, 4) is 5.75 Å². The van der Waals surface area contributed by atoms with Gasteiger partial charge in [0.05, 0.1) is 27.5 Å². The average molecular weight is 548 g/mol. The van der Waals surface area contributed by atoms with Crippen molar-refractivity contribution in [2.24, 2.45) is 7.05 Å². The lowest BCUT2D eigenvalue weighted by atomic mass is 10.0. The summed E-state index contributed by atoms with van der Waals surface area (Å²) in [5, 5.41) is 0.487. The van der Waals surface area contributed by atoms with E-state index >= 15 is 0 Å². The summed E-state index contributed by atoms with van der Waals surface area (Å²) in [6.07, 6.45) is 0.824. The van der Waals surface area contributed by atoms with Crippen molar-refractivity contribution < 1.29 is 14.3 Å². The molecule has 5 rings (SSSR count). The first kappa shape index (κ1) is 27.2. The number of fused-ring (bicyclic) bond motifs is 2. The lowest BCUT2D eigenvalue weighted by Gasteiger charge is -2.33. The summed E-state index contributed by atoms with van der Waals surface area (Å²) in [7, 11) is 1.66. The number of amides is 1. The smallest absolute Gasteiger partial charge is 0.331 e. The van der Waals surface area contributed by atoms with Crippen molar-refractivity contribution in [2.75, 3.05) is 13.1 Å². The number of aromatic nitrogens is 4. The monoisotopic (exact) mass is 547 g/mol. The SMILES string of the molecule is CCn1c(=O)n(CC)c2cc(C(=O)N3CCC(n4c(=O)c5cc(C)ccc5n(C)c4=O)CC3)c(OC(C)=O)cc21. The maximum atomic E-state index is 13.8. The van der Waals surface area contributed by atoms with Crippen LogP contribution in [-0.2, 0) is 24.9 Å². The Bertz CT molecular complexity index is 1850. The number of esters is 1. The number of imidazole rings is 1. The van der Waals surface area contributed by atoms with Gasteiger partial charge in [-0.3, -0.25) is 32.7 Å². The van der Waals surface area contributed by atoms with Gasteiger partial charge in [-0.2, -0.15) is 0 Å². The van der Waals surface area contributed by atoms with Crippen LogP contribution in [0.1, 0.15) is 55.6 Å². The fourth-order valence-electron chi connectivity index (χ4n) is 5.77. The Kier molecular flexibility index (Phi) is 6.99. The van der Waals surface area contributed by atoms with Gasteiger partial charge in [0.2, 0.25) is 0 Å². The fraction of sp³-hybridized carbons (Fsp3) is 0.414. The summed E-state index contributed by atoms with van der Waals surface area (Å²) in [5.41, 5.74) is 1.97. The van der Waals surface area contributed by atoms with E-state index in [0.29, 0.717) is 61.0 Å². The summed E-state index contributed by atoms with van der Waals surface area (Å²) < 4.78 is 11.4. The van der Waals surface area contributed by atoms with Crippen molar-refractivity contribution >= 4 is 33.8 Å². The molecule has 11 nitrogen and oxygen atoms in total. The number of benzene rings is 2. The Morgan fingerprint density at radius 2 is 1.52 bits per heavy atom. The van der Waals surface area contributed by atoms with E-state index in [9.17, 15) is 24.0 Å². The Morgan fingerprint density at radius 3 is 2.12 bits per heavy atom. The van der Waals surface area contributed by atoms with Gasteiger partial charge in [0.15, 0.2) is 0 Å². The average Bonchev–Trinajstić information content (AvgIpc) is 3.20. The van der Waals surface area contributed by atoms with Gasteiger partial charge in [-0.15, -0.1) is 0 Å². The normalized spacial score (nSPS) is 14.3. The third kappa shape index (κ3) is 4.35. The van der Waals surface area contributed by atoms with E-state index in [1.54, 1.807) is 45.3 Å². The lowest BCUT2D eigenvalue weighted by molar-refractivity contribution is -0.131. The van der Waals surface area contributed by atoms with Crippen molar-refractivity contribution in [1.29, 1.82) is 0 Å². The fourth-order valence-corrected chi connectivity index (χ4v) is 5.77. The summed E-state index contributed by atoms with van der Waals surface area (Å²) in [4.78, 5) is 66.7. The van der Waals surface area contributed by atoms with Crippen molar-refractivity contribution in [2.45, 2.75) is 59.7 Å². The van der Waals surface area contributed by atoms with Crippen LogP contribution in [0, 0.1) is 6.92 Å². The van der Waals surface area contributed by atoms with Crippen LogP contribution in [0.5, 0.6) is 5.75 Å². The minimum Gasteiger partial charge on any atom is -0.426 e. The summed E-state index contributed by atoms with van der Waals surface area (Å²) >= 11 is 0. The van der Waals surface area contributed by atoms with Crippen molar-refractivity contribution in [1.82, 2.24) is 23.2 Å². The highest BCUT2D eigenvalue weighted by Crippen LogP contribution is 2.30. The molecule has 1 saturated heterocycles. The number of carbonyl (C=O) groups excluding carboxylic acids is 2. The molecular weight excluding hydrogens is 514 g/mol. The predicted octanol–water partition coefficient (Wildman–Crippen LogP) is 2.57. The van der Waals surface area contributed by atoms with E-state index in [2.05, 4.69) is 0 Å². The van der Waals surface area contributed by atoms with Crippen LogP contribution < -0.4 is 21.7 Å². The quantitative estimate of drug-likeness (QED) is 0.280. The van der Waals surface area contributed by atoms with Crippen LogP contribution in [0.15, 0.2) is 44.7 Å². The molecule has 1 aliphatic heterocycles. The van der Waals surface area contributed by atoms with Gasteiger partial charge in [0.25, 0.3) is 11.5 Å². The van der Waals surface area contributed by atoms with Crippen LogP contribution in [-0.4, -0.2) is 48.1 Å². The topological polar surface area (TPSA) is 118 Å². The van der Waals surface area contributed by atoms with E-state index in [1.807, 2.05) is 26.8 Å². The zero-order chi connectivity index (χ0) is 28.9. The molecule has 1 aliphatic rings. The van der Waals surface area contributed by atoms with Crippen LogP contribution in [0.3, 0.4) is 0 Å². The highest BCUT2D eigenvalue weighted by atomic mass is 16.5. The molecule has 2 aromatic heterocycles. The molecule has 1 amide bonds. The molecule has 210 valence electrons. The number of likely N-dealkylation sites (tertiary alicyclic amines) is 1. The number of rotatable bonds is 5. The molecule has 3 heterocycles. The van der Waals surface area contributed by atoms with Gasteiger partial charge in [-0.25, -0.2) is 9.59 Å². The number of ether oxygens (including phenoxy) is 1. The molecule has 0 atom stereocenters. The molecule has 0 N–H and O–H groups in total. The van der Waals surface area contributed by atoms with E-state index in [1.165, 1.54) is 16.1 Å². The number of piperidine rings is 1. The molecule has 0 unspecified atom stereocenters. The van der Waals surface area contributed by atoms with Crippen LogP contribution in [0.4, 0.5) is 0 Å². The minimum atomic E-state index is -0.575. The molecule has 0 spiro atoms. The molecule has 40 heavy (non-hydrogen) atoms. The maximum Gasteiger partial charge on any atom is 0.331 e. The molecule has 0 bridgehead atoms. The van der Waals surface area contributed by atoms with Crippen LogP contribution >= 0.6 is 0 Å². The standard InChI is InChI=1S/C29H33N5O6/c1-6-32-23-15-21(25(40-18(4)35)16-24(23)33(7-2)29(32)39)26(36)31-12-10-19(11-13-31)34-27(37)20-14-17(3)8-9-22(20)30(5)28(34)38/h8-9,14-16,19H,6-7,10-13H2,1-5H3. The second-order valence-corrected chi connectivity index (χ2v) is 10.3. The molecular formula is C29H33N5O6. The minimum absolute atomic E-state index is 0.0950. The number of hydrogen-bond acceptors (Lipinski definition) is 6. The van der Waals surface area contributed by atoms with E-state index in [-0.39, 0.29) is 40.2 Å². The van der Waals surface area contributed by atoms with Crippen molar-refractivity contribution in [3.63, 3.8) is 0 Å². The van der Waals surface area contributed by atoms with Crippen LogP contribution in [0.25, 0.3) is 21.9 Å². The van der Waals surface area contributed by atoms with Gasteiger partial charge >= 0.3 is 17.3 Å². The summed E-state index contributed by atoms with van der Waals surface area (Å²) in [5.74, 6) is -0.822. The van der Waals surface area contributed by atoms with Gasteiger partial charge < -0.3 is 9.64 Å². The zero-order valence-electron chi connectivity index (χ0n) is 23.4. The molecule has 1 fully saturated rings. The zero-order valence-corrected chi connectivity index (χ0v) is 23.4. The Morgan fingerprint density at radius 1 is 0.900 bits per heavy atom. The van der Waals surface area contributed by atoms with E-state index < -0.39 is 5.97 Å². The Balaban J connectivity index is 1.49. The summed E-state index contributed by atoms with van der Waals surface area (Å²) in [6.45, 7) is 8.32. The first-order valence-corrected chi connectivity index (χ1v) is 13.5. The van der Waals surface area contributed by atoms with Gasteiger partial charge in [-0.1, -0.05) is 11.6 Å². The third-order valence-electron chi connectivity index (χ3n) is 7.81. The number of carbonyl (C=O) groups is 2. The Labute approximate surface area is 229 Å². The second-order valence-electron chi connectivity index (χ2n) is 10.3. The Hall–Kier alpha value is -4.41. The lowest BCUT2D eigenvalue weighted by Crippen LogP contribution is -2.46. The molecule has 4 aromatic rings. The first-order chi connectivity index (χ1) is 19.1. The largest absolute Gasteiger partial charge is 0.426 e. The molecule has 0 saturated carbocycles. The third-order valence-corrected chi connectivity index (χ3v) is 7.81. The molecule has 0 radical (unpaired) electrons. The van der Waals surface area contributed by atoms with Crippen molar-refractivity contribution in [3.05, 3.63) is 72.8 Å². The highest BCUT2D eigenvalue weighted by Gasteiger charge is 2.30. The van der Waals surface area contributed by atoms with E-state index in [4.69, 9.17) is 4.74 Å². The number of aryl methyl sites for hydroxylation is 4. The highest BCUT2D eigenvalue weighted by molar-refractivity contribution is 6.01. The number of hydrogen-bond donors (Lipinski definition) is 0. The molecule has 11 heteroatoms. The van der Waals surface area contributed by atoms with Gasteiger partial charge in [0, 0.05) is 52.3 Å². The molecule has 0 aliphatic carbocycles. The molecule has 2 aromatic carbocycles.